The number of hydrogen-bond acceptors (Lipinski definition) is 3. The van der Waals surface area contributed by atoms with Crippen molar-refractivity contribution in [3.05, 3.63) is 35.4 Å². The topological polar surface area (TPSA) is 44.5 Å². The van der Waals surface area contributed by atoms with Crippen LogP contribution in [0.1, 0.15) is 17.4 Å². The van der Waals surface area contributed by atoms with Gasteiger partial charge in [0, 0.05) is 19.8 Å². The van der Waals surface area contributed by atoms with Crippen molar-refractivity contribution < 1.29 is 9.47 Å². The second-order valence-corrected chi connectivity index (χ2v) is 4.15. The molecule has 0 aliphatic rings. The predicted molar refractivity (Wildman–Crippen MR) is 66.2 cm³/mol. The highest BCUT2D eigenvalue weighted by Gasteiger charge is 2.15. The summed E-state index contributed by atoms with van der Waals surface area (Å²) < 4.78 is 10.3. The summed E-state index contributed by atoms with van der Waals surface area (Å²) in [6.07, 6.45) is -0.306. The van der Waals surface area contributed by atoms with Gasteiger partial charge >= 0.3 is 0 Å². The average molecular weight is 205 g/mol. The van der Waals surface area contributed by atoms with E-state index in [0.717, 1.165) is 11.1 Å². The summed E-state index contributed by atoms with van der Waals surface area (Å²) in [5, 5.41) is -0.311. The summed E-state index contributed by atoms with van der Waals surface area (Å²) in [4.78, 5) is 0. The van der Waals surface area contributed by atoms with Crippen LogP contribution in [0, 0.1) is 0 Å². The van der Waals surface area contributed by atoms with E-state index in [1.165, 1.54) is 0 Å². The summed E-state index contributed by atoms with van der Waals surface area (Å²) in [6.45, 7) is 0. The molecule has 0 atom stereocenters. The van der Waals surface area contributed by atoms with Crippen molar-refractivity contribution in [1.82, 2.24) is 0 Å². The van der Waals surface area contributed by atoms with Crippen molar-refractivity contribution in [3.8, 4) is 0 Å². The molecule has 1 aromatic carbocycles. The lowest BCUT2D eigenvalue weighted by molar-refractivity contribution is -0.106. The van der Waals surface area contributed by atoms with E-state index < -0.39 is 0 Å². The number of ether oxygens (including phenoxy) is 2. The molecule has 15 heavy (non-hydrogen) atoms. The Morgan fingerprint density at radius 1 is 1.13 bits per heavy atom. The highest BCUT2D eigenvalue weighted by Crippen LogP contribution is 2.19. The molecule has 1 rings (SSSR count). The zero-order chi connectivity index (χ0) is 11.5. The van der Waals surface area contributed by atoms with Crippen LogP contribution in [-0.2, 0) is 14.8 Å². The molecule has 3 nitrogen and oxygen atoms in total. The fourth-order valence-electron chi connectivity index (χ4n) is 1.44. The minimum atomic E-state index is -0.311. The van der Waals surface area contributed by atoms with Gasteiger partial charge in [0.15, 0.2) is 6.29 Å². The SMILES string of the molecule is BC(B)(N)c1ccc(C(OC)OC)cc1. The lowest BCUT2D eigenvalue weighted by atomic mass is 9.59. The van der Waals surface area contributed by atoms with Crippen LogP contribution in [0.15, 0.2) is 24.3 Å². The molecule has 0 radical (unpaired) electrons. The van der Waals surface area contributed by atoms with Crippen molar-refractivity contribution in [1.29, 1.82) is 0 Å². The predicted octanol–water partition coefficient (Wildman–Crippen LogP) is -0.687. The summed E-state index contributed by atoms with van der Waals surface area (Å²) in [5.41, 5.74) is 8.07. The fraction of sp³-hybridized carbons (Fsp3) is 0.400. The Balaban J connectivity index is 2.89. The zero-order valence-electron chi connectivity index (χ0n) is 9.78. The third kappa shape index (κ3) is 3.09. The summed E-state index contributed by atoms with van der Waals surface area (Å²) >= 11 is 0. The van der Waals surface area contributed by atoms with Gasteiger partial charge in [0.2, 0.25) is 0 Å². The van der Waals surface area contributed by atoms with Crippen LogP contribution in [-0.4, -0.2) is 29.9 Å². The van der Waals surface area contributed by atoms with Gasteiger partial charge < -0.3 is 15.2 Å². The summed E-state index contributed by atoms with van der Waals surface area (Å²) in [7, 11) is 7.20. The van der Waals surface area contributed by atoms with Crippen LogP contribution >= 0.6 is 0 Å². The maximum Gasteiger partial charge on any atom is 0.183 e. The van der Waals surface area contributed by atoms with Gasteiger partial charge in [-0.15, -0.1) is 0 Å². The van der Waals surface area contributed by atoms with E-state index in [-0.39, 0.29) is 11.6 Å². The summed E-state index contributed by atoms with van der Waals surface area (Å²) in [6, 6.07) is 7.95. The molecule has 0 fully saturated rings. The number of nitrogens with two attached hydrogens (primary N) is 1. The molecule has 0 amide bonds. The van der Waals surface area contributed by atoms with E-state index in [1.807, 2.05) is 40.0 Å². The van der Waals surface area contributed by atoms with Gasteiger partial charge in [-0.25, -0.2) is 0 Å². The van der Waals surface area contributed by atoms with E-state index in [0.29, 0.717) is 0 Å². The second-order valence-electron chi connectivity index (χ2n) is 4.15. The lowest BCUT2D eigenvalue weighted by Gasteiger charge is -2.20. The van der Waals surface area contributed by atoms with Crippen LogP contribution in [0.3, 0.4) is 0 Å². The van der Waals surface area contributed by atoms with Crippen LogP contribution < -0.4 is 5.73 Å². The molecule has 0 spiro atoms. The first-order valence-electron chi connectivity index (χ1n) is 4.94. The van der Waals surface area contributed by atoms with Gasteiger partial charge in [0.25, 0.3) is 0 Å². The third-order valence-corrected chi connectivity index (χ3v) is 2.36. The van der Waals surface area contributed by atoms with Crippen molar-refractivity contribution >= 4 is 15.7 Å². The van der Waals surface area contributed by atoms with E-state index in [1.54, 1.807) is 14.2 Å². The largest absolute Gasteiger partial charge is 0.352 e. The molecule has 0 aromatic heterocycles. The minimum absolute atomic E-state index is 0.306. The normalized spacial score (nSPS) is 12.0. The molecular formula is C10H17B2NO2. The molecule has 0 saturated carbocycles. The molecule has 0 unspecified atom stereocenters. The van der Waals surface area contributed by atoms with E-state index >= 15 is 0 Å². The van der Waals surface area contributed by atoms with Gasteiger partial charge in [-0.2, -0.15) is 0 Å². The minimum Gasteiger partial charge on any atom is -0.352 e. The highest BCUT2D eigenvalue weighted by molar-refractivity contribution is 6.39. The molecule has 80 valence electrons. The molecule has 0 aliphatic carbocycles. The Morgan fingerprint density at radius 3 is 1.93 bits per heavy atom. The first kappa shape index (κ1) is 12.3. The maximum absolute atomic E-state index is 5.99. The first-order valence-corrected chi connectivity index (χ1v) is 4.94. The van der Waals surface area contributed by atoms with Crippen molar-refractivity contribution in [2.24, 2.45) is 5.73 Å². The van der Waals surface area contributed by atoms with Crippen LogP contribution in [0.5, 0.6) is 0 Å². The Kier molecular flexibility index (Phi) is 3.96. The number of hydrogen-bond donors (Lipinski definition) is 1. The highest BCUT2D eigenvalue weighted by atomic mass is 16.7. The van der Waals surface area contributed by atoms with Gasteiger partial charge in [0.05, 0.1) is 0 Å². The standard InChI is InChI=1S/C10H17B2NO2/c1-14-9(15-2)7-3-5-8(6-4-7)10(11,12)13/h3-6,9H,11-13H2,1-2H3. The Labute approximate surface area is 92.8 Å². The molecule has 0 saturated heterocycles. The molecule has 0 aliphatic heterocycles. The monoisotopic (exact) mass is 205 g/mol. The smallest absolute Gasteiger partial charge is 0.183 e. The van der Waals surface area contributed by atoms with Crippen molar-refractivity contribution in [3.63, 3.8) is 0 Å². The Morgan fingerprint density at radius 2 is 1.60 bits per heavy atom. The van der Waals surface area contributed by atoms with Gasteiger partial charge in [0.1, 0.15) is 15.7 Å². The molecular weight excluding hydrogens is 188 g/mol. The van der Waals surface area contributed by atoms with Gasteiger partial charge in [-0.1, -0.05) is 24.3 Å². The number of benzene rings is 1. The van der Waals surface area contributed by atoms with Gasteiger partial charge in [-0.3, -0.25) is 0 Å². The zero-order valence-corrected chi connectivity index (χ0v) is 9.78. The average Bonchev–Trinajstić information content (AvgIpc) is 2.19. The Bertz CT molecular complexity index is 304. The maximum atomic E-state index is 5.99. The molecule has 1 aromatic rings. The molecule has 0 heterocycles. The molecule has 2 N–H and O–H groups in total. The van der Waals surface area contributed by atoms with Gasteiger partial charge in [-0.05, 0) is 10.9 Å². The fourth-order valence-corrected chi connectivity index (χ4v) is 1.44. The van der Waals surface area contributed by atoms with Crippen molar-refractivity contribution in [2.75, 3.05) is 14.2 Å². The number of rotatable bonds is 4. The van der Waals surface area contributed by atoms with E-state index in [2.05, 4.69) is 0 Å². The molecule has 0 bridgehead atoms. The number of methoxy groups -OCH3 is 2. The van der Waals surface area contributed by atoms with Crippen LogP contribution in [0.2, 0.25) is 0 Å². The second kappa shape index (κ2) is 4.84. The Hall–Kier alpha value is -0.770. The summed E-state index contributed by atoms with van der Waals surface area (Å²) in [5.74, 6) is 0. The van der Waals surface area contributed by atoms with Crippen molar-refractivity contribution in [2.45, 2.75) is 11.6 Å². The molecule has 5 heteroatoms. The van der Waals surface area contributed by atoms with E-state index in [9.17, 15) is 0 Å². The van der Waals surface area contributed by atoms with Crippen LogP contribution in [0.4, 0.5) is 0 Å². The quantitative estimate of drug-likeness (QED) is 0.522. The lowest BCUT2D eigenvalue weighted by Crippen LogP contribution is -2.37. The third-order valence-electron chi connectivity index (χ3n) is 2.36. The van der Waals surface area contributed by atoms with Crippen LogP contribution in [0.25, 0.3) is 0 Å². The first-order chi connectivity index (χ1) is 6.99. The van der Waals surface area contributed by atoms with E-state index in [4.69, 9.17) is 15.2 Å².